The fraction of sp³-hybridized carbons (Fsp3) is 0.667. The van der Waals surface area contributed by atoms with Crippen molar-refractivity contribution in [3.63, 3.8) is 0 Å². The lowest BCUT2D eigenvalue weighted by Crippen LogP contribution is -2.49. The van der Waals surface area contributed by atoms with E-state index in [-0.39, 0.29) is 12.6 Å². The van der Waals surface area contributed by atoms with E-state index in [1.165, 1.54) is 0 Å². The number of carboxylic acids is 1. The van der Waals surface area contributed by atoms with Crippen LogP contribution in [-0.2, 0) is 9.53 Å². The van der Waals surface area contributed by atoms with Crippen LogP contribution < -0.4 is 5.32 Å². The molecule has 1 saturated heterocycles. The first kappa shape index (κ1) is 15.3. The molecule has 1 atom stereocenters. The Labute approximate surface area is 112 Å². The summed E-state index contributed by atoms with van der Waals surface area (Å²) in [6, 6.07) is -0.489. The summed E-state index contributed by atoms with van der Waals surface area (Å²) >= 11 is 0. The summed E-state index contributed by atoms with van der Waals surface area (Å²) in [5, 5.41) is 11.3. The van der Waals surface area contributed by atoms with Crippen LogP contribution in [0.1, 0.15) is 0 Å². The van der Waals surface area contributed by atoms with E-state index in [1.807, 2.05) is 7.05 Å². The Bertz CT molecular complexity index is 366. The number of urea groups is 1. The van der Waals surface area contributed by atoms with Crippen LogP contribution in [0.5, 0.6) is 0 Å². The van der Waals surface area contributed by atoms with E-state index in [9.17, 15) is 9.59 Å². The fourth-order valence-corrected chi connectivity index (χ4v) is 1.78. The molecule has 0 aromatic carbocycles. The van der Waals surface area contributed by atoms with Gasteiger partial charge in [0.1, 0.15) is 6.54 Å². The topological polar surface area (TPSA) is 82.1 Å². The number of nitrogens with one attached hydrogen (secondary N) is 1. The highest BCUT2D eigenvalue weighted by Gasteiger charge is 2.20. The molecule has 19 heavy (non-hydrogen) atoms. The van der Waals surface area contributed by atoms with Gasteiger partial charge in [0.15, 0.2) is 0 Å². The standard InChI is InChI=1S/C12H19N3O4/c1-3-4-15(9-11(16)17)12(18)13-7-10-8-14(2)5-6-19-10/h1,10H,4-9H2,2H3,(H,13,18)(H,16,17). The van der Waals surface area contributed by atoms with Crippen LogP contribution in [0.2, 0.25) is 0 Å². The molecule has 1 unspecified atom stereocenters. The van der Waals surface area contributed by atoms with E-state index in [0.717, 1.165) is 18.0 Å². The molecule has 1 aliphatic rings. The molecule has 1 aliphatic heterocycles. The summed E-state index contributed by atoms with van der Waals surface area (Å²) in [5.41, 5.74) is 0. The molecule has 0 radical (unpaired) electrons. The van der Waals surface area contributed by atoms with Crippen molar-refractivity contribution in [3.8, 4) is 12.3 Å². The van der Waals surface area contributed by atoms with E-state index in [2.05, 4.69) is 16.1 Å². The van der Waals surface area contributed by atoms with Crippen molar-refractivity contribution >= 4 is 12.0 Å². The van der Waals surface area contributed by atoms with E-state index in [0.29, 0.717) is 13.2 Å². The molecule has 7 heteroatoms. The molecular formula is C12H19N3O4. The van der Waals surface area contributed by atoms with Crippen LogP contribution in [0.3, 0.4) is 0 Å². The number of aliphatic carboxylic acids is 1. The van der Waals surface area contributed by atoms with Gasteiger partial charge in [-0.1, -0.05) is 5.92 Å². The van der Waals surface area contributed by atoms with Crippen LogP contribution >= 0.6 is 0 Å². The third kappa shape index (κ3) is 5.59. The van der Waals surface area contributed by atoms with Crippen LogP contribution in [0.15, 0.2) is 0 Å². The largest absolute Gasteiger partial charge is 0.480 e. The second-order valence-corrected chi connectivity index (χ2v) is 4.40. The summed E-state index contributed by atoms with van der Waals surface area (Å²) in [6.07, 6.45) is 5.02. The lowest BCUT2D eigenvalue weighted by atomic mass is 10.3. The number of hydrogen-bond donors (Lipinski definition) is 2. The Hall–Kier alpha value is -1.78. The zero-order valence-electron chi connectivity index (χ0n) is 11.0. The Balaban J connectivity index is 2.39. The molecule has 0 aliphatic carbocycles. The lowest BCUT2D eigenvalue weighted by Gasteiger charge is -2.30. The summed E-state index contributed by atoms with van der Waals surface area (Å²) in [6.45, 7) is 2.11. The zero-order chi connectivity index (χ0) is 14.3. The molecule has 106 valence electrons. The quantitative estimate of drug-likeness (QED) is 0.629. The van der Waals surface area contributed by atoms with Gasteiger partial charge < -0.3 is 25.0 Å². The Morgan fingerprint density at radius 2 is 2.37 bits per heavy atom. The second-order valence-electron chi connectivity index (χ2n) is 4.40. The average Bonchev–Trinajstić information content (AvgIpc) is 2.35. The lowest BCUT2D eigenvalue weighted by molar-refractivity contribution is -0.137. The number of hydrogen-bond acceptors (Lipinski definition) is 4. The highest BCUT2D eigenvalue weighted by molar-refractivity contribution is 5.80. The second kappa shape index (κ2) is 7.61. The van der Waals surface area contributed by atoms with Crippen LogP contribution in [0, 0.1) is 12.3 Å². The van der Waals surface area contributed by atoms with Gasteiger partial charge in [0, 0.05) is 19.6 Å². The summed E-state index contributed by atoms with van der Waals surface area (Å²) < 4.78 is 5.49. The van der Waals surface area contributed by atoms with E-state index in [1.54, 1.807) is 0 Å². The molecule has 0 bridgehead atoms. The predicted octanol–water partition coefficient (Wildman–Crippen LogP) is -0.954. The number of carbonyl (C=O) groups is 2. The van der Waals surface area contributed by atoms with Crippen molar-refractivity contribution in [2.24, 2.45) is 0 Å². The Morgan fingerprint density at radius 1 is 1.63 bits per heavy atom. The number of carboxylic acid groups (broad SMARTS) is 1. The third-order valence-electron chi connectivity index (χ3n) is 2.72. The molecule has 1 fully saturated rings. The van der Waals surface area contributed by atoms with Gasteiger partial charge in [-0.25, -0.2) is 4.79 Å². The van der Waals surface area contributed by atoms with E-state index >= 15 is 0 Å². The van der Waals surface area contributed by atoms with Crippen LogP contribution in [0.25, 0.3) is 0 Å². The molecule has 0 aromatic rings. The minimum Gasteiger partial charge on any atom is -0.480 e. The number of amides is 2. The average molecular weight is 269 g/mol. The van der Waals surface area contributed by atoms with Crippen molar-refractivity contribution in [2.45, 2.75) is 6.10 Å². The number of nitrogens with zero attached hydrogens (tertiary/aromatic N) is 2. The molecule has 1 heterocycles. The maximum absolute atomic E-state index is 11.8. The molecule has 2 amide bonds. The van der Waals surface area contributed by atoms with Gasteiger partial charge >= 0.3 is 12.0 Å². The van der Waals surface area contributed by atoms with Gasteiger partial charge in [-0.05, 0) is 7.05 Å². The van der Waals surface area contributed by atoms with E-state index in [4.69, 9.17) is 16.3 Å². The smallest absolute Gasteiger partial charge is 0.323 e. The number of carbonyl (C=O) groups excluding carboxylic acids is 1. The first-order chi connectivity index (χ1) is 9.02. The van der Waals surface area contributed by atoms with Crippen molar-refractivity contribution in [1.29, 1.82) is 0 Å². The van der Waals surface area contributed by atoms with Gasteiger partial charge in [0.25, 0.3) is 0 Å². The van der Waals surface area contributed by atoms with Crippen molar-refractivity contribution in [3.05, 3.63) is 0 Å². The highest BCUT2D eigenvalue weighted by Crippen LogP contribution is 2.01. The summed E-state index contributed by atoms with van der Waals surface area (Å²) in [4.78, 5) is 25.6. The van der Waals surface area contributed by atoms with Crippen LogP contribution in [0.4, 0.5) is 4.79 Å². The Kier molecular flexibility index (Phi) is 6.12. The number of morpholine rings is 1. The summed E-state index contributed by atoms with van der Waals surface area (Å²) in [7, 11) is 1.98. The minimum absolute atomic E-state index is 0.0381. The van der Waals surface area contributed by atoms with Gasteiger partial charge in [0.2, 0.25) is 0 Å². The molecule has 0 aromatic heterocycles. The monoisotopic (exact) mass is 269 g/mol. The molecule has 0 saturated carbocycles. The SMILES string of the molecule is C#CCN(CC(=O)O)C(=O)NCC1CN(C)CCO1. The van der Waals surface area contributed by atoms with Crippen molar-refractivity contribution in [1.82, 2.24) is 15.1 Å². The van der Waals surface area contributed by atoms with Gasteiger partial charge in [-0.15, -0.1) is 6.42 Å². The maximum atomic E-state index is 11.8. The maximum Gasteiger partial charge on any atom is 0.323 e. The zero-order valence-corrected chi connectivity index (χ0v) is 11.0. The van der Waals surface area contributed by atoms with Crippen molar-refractivity contribution in [2.75, 3.05) is 46.4 Å². The predicted molar refractivity (Wildman–Crippen MR) is 68.7 cm³/mol. The van der Waals surface area contributed by atoms with Crippen LogP contribution in [-0.4, -0.2) is 79.4 Å². The highest BCUT2D eigenvalue weighted by atomic mass is 16.5. The first-order valence-corrected chi connectivity index (χ1v) is 6.01. The van der Waals surface area contributed by atoms with Crippen molar-refractivity contribution < 1.29 is 19.4 Å². The molecule has 2 N–H and O–H groups in total. The number of ether oxygens (including phenoxy) is 1. The van der Waals surface area contributed by atoms with Gasteiger partial charge in [-0.3, -0.25) is 4.79 Å². The third-order valence-corrected chi connectivity index (χ3v) is 2.72. The molecule has 0 spiro atoms. The number of terminal acetylenes is 1. The minimum atomic E-state index is -1.10. The Morgan fingerprint density at radius 3 is 2.95 bits per heavy atom. The first-order valence-electron chi connectivity index (χ1n) is 6.01. The molecule has 1 rings (SSSR count). The summed E-state index contributed by atoms with van der Waals surface area (Å²) in [5.74, 6) is 1.16. The molecular weight excluding hydrogens is 250 g/mol. The molecule has 7 nitrogen and oxygen atoms in total. The number of rotatable bonds is 5. The normalized spacial score (nSPS) is 19.5. The van der Waals surface area contributed by atoms with Gasteiger partial charge in [0.05, 0.1) is 19.3 Å². The number of likely N-dealkylation sites (N-methyl/N-ethyl adjacent to an activating group) is 1. The fourth-order valence-electron chi connectivity index (χ4n) is 1.78. The van der Waals surface area contributed by atoms with E-state index < -0.39 is 18.5 Å². The van der Waals surface area contributed by atoms with Gasteiger partial charge in [-0.2, -0.15) is 0 Å².